The molecule has 0 saturated heterocycles. The van der Waals surface area contributed by atoms with Gasteiger partial charge in [0.25, 0.3) is 0 Å². The minimum atomic E-state index is -0.510. The van der Waals surface area contributed by atoms with Gasteiger partial charge < -0.3 is 0 Å². The van der Waals surface area contributed by atoms with E-state index in [1.807, 2.05) is 0 Å². The summed E-state index contributed by atoms with van der Waals surface area (Å²) < 4.78 is 0.774. The van der Waals surface area contributed by atoms with Crippen LogP contribution in [0.3, 0.4) is 0 Å². The van der Waals surface area contributed by atoms with E-state index in [4.69, 9.17) is 11.6 Å². The molecule has 0 bridgehead atoms. The van der Waals surface area contributed by atoms with E-state index in [0.717, 1.165) is 4.70 Å². The van der Waals surface area contributed by atoms with Crippen molar-refractivity contribution in [2.24, 2.45) is 0 Å². The van der Waals surface area contributed by atoms with Gasteiger partial charge in [0.2, 0.25) is 0 Å². The van der Waals surface area contributed by atoms with Crippen LogP contribution in [0, 0.1) is 10.1 Å². The molecule has 2 rings (SSSR count). The SMILES string of the molecule is O=[N+]([O-])c1c(Cl)ccc2scnc12. The fourth-order valence-electron chi connectivity index (χ4n) is 1.07. The number of aromatic nitrogens is 1. The zero-order valence-corrected chi connectivity index (χ0v) is 7.80. The van der Waals surface area contributed by atoms with Crippen LogP contribution in [0.4, 0.5) is 5.69 Å². The van der Waals surface area contributed by atoms with E-state index in [1.165, 1.54) is 17.4 Å². The first-order valence-electron chi connectivity index (χ1n) is 3.36. The molecule has 4 nitrogen and oxygen atoms in total. The van der Waals surface area contributed by atoms with Gasteiger partial charge in [-0.25, -0.2) is 4.98 Å². The van der Waals surface area contributed by atoms with Crippen molar-refractivity contribution < 1.29 is 4.92 Å². The largest absolute Gasteiger partial charge is 0.314 e. The van der Waals surface area contributed by atoms with E-state index < -0.39 is 4.92 Å². The number of nitro groups is 1. The second kappa shape index (κ2) is 2.93. The average Bonchev–Trinajstić information content (AvgIpc) is 2.50. The van der Waals surface area contributed by atoms with Gasteiger partial charge in [-0.1, -0.05) is 11.6 Å². The van der Waals surface area contributed by atoms with Gasteiger partial charge in [-0.2, -0.15) is 0 Å². The van der Waals surface area contributed by atoms with Crippen molar-refractivity contribution in [2.45, 2.75) is 0 Å². The zero-order chi connectivity index (χ0) is 9.42. The summed E-state index contributed by atoms with van der Waals surface area (Å²) in [4.78, 5) is 14.0. The fourth-order valence-corrected chi connectivity index (χ4v) is 1.97. The third-order valence-corrected chi connectivity index (χ3v) is 2.71. The second-order valence-electron chi connectivity index (χ2n) is 2.35. The Kier molecular flexibility index (Phi) is 1.90. The van der Waals surface area contributed by atoms with E-state index >= 15 is 0 Å². The Morgan fingerprint density at radius 3 is 3.00 bits per heavy atom. The van der Waals surface area contributed by atoms with Crippen LogP contribution in [0.5, 0.6) is 0 Å². The lowest BCUT2D eigenvalue weighted by atomic mass is 10.3. The molecule has 0 saturated carbocycles. The van der Waals surface area contributed by atoms with Gasteiger partial charge in [0.1, 0.15) is 5.02 Å². The van der Waals surface area contributed by atoms with Gasteiger partial charge in [0.15, 0.2) is 5.52 Å². The van der Waals surface area contributed by atoms with Crippen LogP contribution in [0.25, 0.3) is 10.2 Å². The minimum Gasteiger partial charge on any atom is -0.258 e. The van der Waals surface area contributed by atoms with Crippen molar-refractivity contribution in [3.8, 4) is 0 Å². The first kappa shape index (κ1) is 8.40. The lowest BCUT2D eigenvalue weighted by Gasteiger charge is -1.94. The van der Waals surface area contributed by atoms with Crippen LogP contribution in [0.2, 0.25) is 5.02 Å². The standard InChI is InChI=1S/C7H3ClN2O2S/c8-4-1-2-5-6(9-3-13-5)7(4)10(11)12/h1-3H. The monoisotopic (exact) mass is 214 g/mol. The maximum absolute atomic E-state index is 10.6. The van der Waals surface area contributed by atoms with Gasteiger partial charge in [0.05, 0.1) is 15.1 Å². The topological polar surface area (TPSA) is 56.0 Å². The first-order chi connectivity index (χ1) is 6.20. The Bertz CT molecular complexity index is 482. The normalized spacial score (nSPS) is 10.5. The van der Waals surface area contributed by atoms with Crippen molar-refractivity contribution in [3.63, 3.8) is 0 Å². The molecule has 0 aliphatic carbocycles. The van der Waals surface area contributed by atoms with Crippen LogP contribution >= 0.6 is 22.9 Å². The molecular formula is C7H3ClN2O2S. The molecule has 0 N–H and O–H groups in total. The summed E-state index contributed by atoms with van der Waals surface area (Å²) >= 11 is 7.03. The molecule has 0 spiro atoms. The molecule has 0 amide bonds. The third-order valence-electron chi connectivity index (χ3n) is 1.61. The highest BCUT2D eigenvalue weighted by Gasteiger charge is 2.18. The molecule has 0 atom stereocenters. The maximum Gasteiger partial charge on any atom is 0.314 e. The summed E-state index contributed by atoms with van der Waals surface area (Å²) in [5.74, 6) is 0. The summed E-state index contributed by atoms with van der Waals surface area (Å²) in [6.07, 6.45) is 0. The molecule has 0 aliphatic rings. The minimum absolute atomic E-state index is 0.111. The predicted octanol–water partition coefficient (Wildman–Crippen LogP) is 2.86. The Balaban J connectivity index is 2.88. The number of hydrogen-bond donors (Lipinski definition) is 0. The number of rotatable bonds is 1. The maximum atomic E-state index is 10.6. The molecule has 0 aliphatic heterocycles. The highest BCUT2D eigenvalue weighted by Crippen LogP contribution is 2.33. The molecule has 0 radical (unpaired) electrons. The Hall–Kier alpha value is -1.20. The van der Waals surface area contributed by atoms with Gasteiger partial charge in [0, 0.05) is 0 Å². The number of thiazole rings is 1. The second-order valence-corrected chi connectivity index (χ2v) is 3.65. The van der Waals surface area contributed by atoms with Crippen molar-refractivity contribution in [2.75, 3.05) is 0 Å². The van der Waals surface area contributed by atoms with Gasteiger partial charge in [-0.15, -0.1) is 11.3 Å². The lowest BCUT2D eigenvalue weighted by Crippen LogP contribution is -1.90. The number of nitro benzene ring substituents is 1. The van der Waals surface area contributed by atoms with Gasteiger partial charge >= 0.3 is 5.69 Å². The van der Waals surface area contributed by atoms with Crippen molar-refractivity contribution in [1.29, 1.82) is 0 Å². The number of fused-ring (bicyclic) bond motifs is 1. The molecule has 0 fully saturated rings. The molecule has 1 heterocycles. The van der Waals surface area contributed by atoms with Crippen molar-refractivity contribution in [3.05, 3.63) is 32.8 Å². The quantitative estimate of drug-likeness (QED) is 0.542. The Morgan fingerprint density at radius 2 is 2.31 bits per heavy atom. The van der Waals surface area contributed by atoms with Crippen LogP contribution in [0.15, 0.2) is 17.6 Å². The molecular weight excluding hydrogens is 212 g/mol. The third kappa shape index (κ3) is 1.26. The van der Waals surface area contributed by atoms with Crippen LogP contribution in [-0.4, -0.2) is 9.91 Å². The average molecular weight is 215 g/mol. The Labute approximate surface area is 81.9 Å². The number of halogens is 1. The van der Waals surface area contributed by atoms with Crippen molar-refractivity contribution in [1.82, 2.24) is 4.98 Å². The summed E-state index contributed by atoms with van der Waals surface area (Å²) in [5.41, 5.74) is 1.82. The van der Waals surface area contributed by atoms with E-state index in [9.17, 15) is 10.1 Å². The highest BCUT2D eigenvalue weighted by atomic mass is 35.5. The first-order valence-corrected chi connectivity index (χ1v) is 4.62. The van der Waals surface area contributed by atoms with Crippen LogP contribution in [0.1, 0.15) is 0 Å². The summed E-state index contributed by atoms with van der Waals surface area (Å²) in [7, 11) is 0. The summed E-state index contributed by atoms with van der Waals surface area (Å²) in [6, 6.07) is 3.24. The lowest BCUT2D eigenvalue weighted by molar-refractivity contribution is -0.383. The Morgan fingerprint density at radius 1 is 1.54 bits per heavy atom. The summed E-state index contributed by atoms with van der Waals surface area (Å²) in [6.45, 7) is 0. The number of nitrogens with zero attached hydrogens (tertiary/aromatic N) is 2. The molecule has 1 aromatic heterocycles. The molecule has 2 aromatic rings. The number of hydrogen-bond acceptors (Lipinski definition) is 4. The summed E-state index contributed by atoms with van der Waals surface area (Å²) in [5, 5.41) is 10.7. The number of benzene rings is 1. The molecule has 6 heteroatoms. The molecule has 0 unspecified atom stereocenters. The molecule has 66 valence electrons. The van der Waals surface area contributed by atoms with Crippen LogP contribution < -0.4 is 0 Å². The van der Waals surface area contributed by atoms with E-state index in [0.29, 0.717) is 5.52 Å². The van der Waals surface area contributed by atoms with Crippen molar-refractivity contribution >= 4 is 38.8 Å². The van der Waals surface area contributed by atoms with Gasteiger partial charge in [-0.05, 0) is 12.1 Å². The molecule has 13 heavy (non-hydrogen) atoms. The highest BCUT2D eigenvalue weighted by molar-refractivity contribution is 7.16. The van der Waals surface area contributed by atoms with E-state index in [1.54, 1.807) is 11.6 Å². The van der Waals surface area contributed by atoms with Crippen LogP contribution in [-0.2, 0) is 0 Å². The predicted molar refractivity (Wildman–Crippen MR) is 51.3 cm³/mol. The smallest absolute Gasteiger partial charge is 0.258 e. The van der Waals surface area contributed by atoms with E-state index in [2.05, 4.69) is 4.98 Å². The van der Waals surface area contributed by atoms with E-state index in [-0.39, 0.29) is 10.7 Å². The zero-order valence-electron chi connectivity index (χ0n) is 6.23. The van der Waals surface area contributed by atoms with Gasteiger partial charge in [-0.3, -0.25) is 10.1 Å². The molecule has 1 aromatic carbocycles. The fraction of sp³-hybridized carbons (Fsp3) is 0.